The van der Waals surface area contributed by atoms with E-state index in [-0.39, 0.29) is 11.7 Å². The quantitative estimate of drug-likeness (QED) is 0.718. The second-order valence-corrected chi connectivity index (χ2v) is 6.11. The summed E-state index contributed by atoms with van der Waals surface area (Å²) in [6.45, 7) is 4.46. The fourth-order valence-corrected chi connectivity index (χ4v) is 3.15. The standard InChI is InChI=1S/C18H18FN5O/c1-13(25)22-8-10-23(11-9-22)18-17-12-16(21-24(17)7-6-20-18)14-2-4-15(19)5-3-14/h2-7,12H,8-11H2,1H3. The van der Waals surface area contributed by atoms with Gasteiger partial charge in [0.25, 0.3) is 0 Å². The molecule has 0 aliphatic carbocycles. The van der Waals surface area contributed by atoms with Crippen LogP contribution in [0.3, 0.4) is 0 Å². The number of anilines is 1. The first-order valence-corrected chi connectivity index (χ1v) is 8.22. The summed E-state index contributed by atoms with van der Waals surface area (Å²) < 4.78 is 14.9. The van der Waals surface area contributed by atoms with Gasteiger partial charge in [0.05, 0.1) is 5.69 Å². The van der Waals surface area contributed by atoms with Crippen LogP contribution in [0.1, 0.15) is 6.92 Å². The molecule has 25 heavy (non-hydrogen) atoms. The summed E-state index contributed by atoms with van der Waals surface area (Å²) in [7, 11) is 0. The summed E-state index contributed by atoms with van der Waals surface area (Å²) in [5.41, 5.74) is 2.53. The largest absolute Gasteiger partial charge is 0.351 e. The monoisotopic (exact) mass is 339 g/mol. The fraction of sp³-hybridized carbons (Fsp3) is 0.278. The van der Waals surface area contributed by atoms with E-state index in [0.29, 0.717) is 13.1 Å². The summed E-state index contributed by atoms with van der Waals surface area (Å²) in [5, 5.41) is 4.57. The van der Waals surface area contributed by atoms with Gasteiger partial charge in [0.1, 0.15) is 11.3 Å². The lowest BCUT2D eigenvalue weighted by Crippen LogP contribution is -2.48. The lowest BCUT2D eigenvalue weighted by Gasteiger charge is -2.35. The van der Waals surface area contributed by atoms with Crippen LogP contribution in [0.2, 0.25) is 0 Å². The fourth-order valence-electron chi connectivity index (χ4n) is 3.15. The molecule has 3 heterocycles. The molecule has 0 spiro atoms. The number of piperazine rings is 1. The van der Waals surface area contributed by atoms with Crippen molar-refractivity contribution < 1.29 is 9.18 Å². The van der Waals surface area contributed by atoms with E-state index in [2.05, 4.69) is 15.0 Å². The van der Waals surface area contributed by atoms with Gasteiger partial charge in [-0.3, -0.25) is 4.79 Å². The minimum Gasteiger partial charge on any atom is -0.351 e. The second-order valence-electron chi connectivity index (χ2n) is 6.11. The number of hydrogen-bond acceptors (Lipinski definition) is 4. The molecule has 1 saturated heterocycles. The molecule has 0 bridgehead atoms. The number of aromatic nitrogens is 3. The van der Waals surface area contributed by atoms with Gasteiger partial charge in [-0.05, 0) is 30.3 Å². The van der Waals surface area contributed by atoms with Crippen molar-refractivity contribution in [1.29, 1.82) is 0 Å². The van der Waals surface area contributed by atoms with Crippen LogP contribution in [0.15, 0.2) is 42.7 Å². The van der Waals surface area contributed by atoms with Crippen molar-refractivity contribution in [3.05, 3.63) is 48.5 Å². The van der Waals surface area contributed by atoms with Crippen LogP contribution in [0.4, 0.5) is 10.2 Å². The summed E-state index contributed by atoms with van der Waals surface area (Å²) >= 11 is 0. The number of amides is 1. The number of fused-ring (bicyclic) bond motifs is 1. The Morgan fingerprint density at radius 3 is 2.52 bits per heavy atom. The van der Waals surface area contributed by atoms with Crippen molar-refractivity contribution in [3.63, 3.8) is 0 Å². The van der Waals surface area contributed by atoms with Crippen molar-refractivity contribution >= 4 is 17.2 Å². The Morgan fingerprint density at radius 1 is 1.12 bits per heavy atom. The molecule has 0 unspecified atom stereocenters. The SMILES string of the molecule is CC(=O)N1CCN(c2nccn3nc(-c4ccc(F)cc4)cc23)CC1. The summed E-state index contributed by atoms with van der Waals surface area (Å²) in [6.07, 6.45) is 3.53. The average molecular weight is 339 g/mol. The molecule has 1 aliphatic rings. The molecule has 1 amide bonds. The first kappa shape index (κ1) is 15.6. The molecule has 4 rings (SSSR count). The van der Waals surface area contributed by atoms with Gasteiger partial charge in [0.15, 0.2) is 5.82 Å². The van der Waals surface area contributed by atoms with Crippen LogP contribution < -0.4 is 4.90 Å². The molecule has 1 fully saturated rings. The second kappa shape index (κ2) is 6.16. The van der Waals surface area contributed by atoms with E-state index in [1.165, 1.54) is 12.1 Å². The van der Waals surface area contributed by atoms with Crippen LogP contribution in [0, 0.1) is 5.82 Å². The Kier molecular flexibility index (Phi) is 3.83. The molecular formula is C18H18FN5O. The molecule has 3 aromatic rings. The normalized spacial score (nSPS) is 15.0. The van der Waals surface area contributed by atoms with Crippen LogP contribution >= 0.6 is 0 Å². The third-order valence-electron chi connectivity index (χ3n) is 4.53. The predicted molar refractivity (Wildman–Crippen MR) is 92.8 cm³/mol. The minimum atomic E-state index is -0.266. The number of halogens is 1. The van der Waals surface area contributed by atoms with Crippen LogP contribution in [-0.4, -0.2) is 51.6 Å². The maximum absolute atomic E-state index is 13.1. The Hall–Kier alpha value is -2.96. The van der Waals surface area contributed by atoms with Gasteiger partial charge in [-0.1, -0.05) is 0 Å². The molecule has 0 N–H and O–H groups in total. The third-order valence-corrected chi connectivity index (χ3v) is 4.53. The Balaban J connectivity index is 1.66. The van der Waals surface area contributed by atoms with Crippen LogP contribution in [0.25, 0.3) is 16.8 Å². The van der Waals surface area contributed by atoms with Gasteiger partial charge >= 0.3 is 0 Å². The molecule has 128 valence electrons. The highest BCUT2D eigenvalue weighted by atomic mass is 19.1. The zero-order valence-corrected chi connectivity index (χ0v) is 13.9. The van der Waals surface area contributed by atoms with Crippen LogP contribution in [-0.2, 0) is 4.79 Å². The lowest BCUT2D eigenvalue weighted by molar-refractivity contribution is -0.129. The predicted octanol–water partition coefficient (Wildman–Crippen LogP) is 2.20. The van der Waals surface area contributed by atoms with Crippen molar-refractivity contribution in [1.82, 2.24) is 19.5 Å². The van der Waals surface area contributed by atoms with E-state index in [4.69, 9.17) is 0 Å². The van der Waals surface area contributed by atoms with Gasteiger partial charge < -0.3 is 9.80 Å². The molecule has 0 atom stereocenters. The van der Waals surface area contributed by atoms with Crippen molar-refractivity contribution in [2.24, 2.45) is 0 Å². The molecule has 0 saturated carbocycles. The van der Waals surface area contributed by atoms with Crippen molar-refractivity contribution in [2.45, 2.75) is 6.92 Å². The van der Waals surface area contributed by atoms with E-state index in [1.54, 1.807) is 36.0 Å². The van der Waals surface area contributed by atoms with Crippen molar-refractivity contribution in [3.8, 4) is 11.3 Å². The van der Waals surface area contributed by atoms with Crippen LogP contribution in [0.5, 0.6) is 0 Å². The number of rotatable bonds is 2. The number of nitrogens with zero attached hydrogens (tertiary/aromatic N) is 5. The van der Waals surface area contributed by atoms with Crippen molar-refractivity contribution in [2.75, 3.05) is 31.1 Å². The number of carbonyl (C=O) groups is 1. The smallest absolute Gasteiger partial charge is 0.219 e. The maximum Gasteiger partial charge on any atom is 0.219 e. The van der Waals surface area contributed by atoms with E-state index in [1.807, 2.05) is 11.0 Å². The minimum absolute atomic E-state index is 0.105. The topological polar surface area (TPSA) is 53.7 Å². The maximum atomic E-state index is 13.1. The Bertz CT molecular complexity index is 913. The molecule has 6 nitrogen and oxygen atoms in total. The molecule has 7 heteroatoms. The lowest BCUT2D eigenvalue weighted by atomic mass is 10.1. The zero-order valence-electron chi connectivity index (χ0n) is 13.9. The summed E-state index contributed by atoms with van der Waals surface area (Å²) in [5.74, 6) is 0.693. The molecule has 1 aliphatic heterocycles. The van der Waals surface area contributed by atoms with E-state index >= 15 is 0 Å². The van der Waals surface area contributed by atoms with E-state index in [9.17, 15) is 9.18 Å². The zero-order chi connectivity index (χ0) is 17.4. The molecular weight excluding hydrogens is 321 g/mol. The van der Waals surface area contributed by atoms with E-state index < -0.39 is 0 Å². The summed E-state index contributed by atoms with van der Waals surface area (Å²) in [6, 6.07) is 8.26. The van der Waals surface area contributed by atoms with Gasteiger partial charge in [0.2, 0.25) is 5.91 Å². The Labute approximate surface area is 144 Å². The highest BCUT2D eigenvalue weighted by Crippen LogP contribution is 2.25. The van der Waals surface area contributed by atoms with Gasteiger partial charge in [-0.15, -0.1) is 0 Å². The number of hydrogen-bond donors (Lipinski definition) is 0. The first-order chi connectivity index (χ1) is 12.1. The average Bonchev–Trinajstić information content (AvgIpc) is 3.06. The number of carbonyl (C=O) groups excluding carboxylic acids is 1. The number of benzene rings is 1. The Morgan fingerprint density at radius 2 is 1.84 bits per heavy atom. The van der Waals surface area contributed by atoms with E-state index in [0.717, 1.165) is 35.7 Å². The molecule has 2 aromatic heterocycles. The highest BCUT2D eigenvalue weighted by Gasteiger charge is 2.21. The third kappa shape index (κ3) is 2.93. The highest BCUT2D eigenvalue weighted by molar-refractivity contribution is 5.76. The first-order valence-electron chi connectivity index (χ1n) is 8.22. The molecule has 0 radical (unpaired) electrons. The van der Waals surface area contributed by atoms with Gasteiger partial charge in [-0.25, -0.2) is 13.9 Å². The van der Waals surface area contributed by atoms with Gasteiger partial charge in [-0.2, -0.15) is 5.10 Å². The molecule has 1 aromatic carbocycles. The summed E-state index contributed by atoms with van der Waals surface area (Å²) in [4.78, 5) is 20.0. The van der Waals surface area contributed by atoms with Gasteiger partial charge in [0, 0.05) is 51.1 Å².